The number of ether oxygens (including phenoxy) is 3. The molecule has 0 aliphatic carbocycles. The van der Waals surface area contributed by atoms with Crippen LogP contribution < -0.4 is 19.1 Å². The lowest BCUT2D eigenvalue weighted by Crippen LogP contribution is -2.40. The Labute approximate surface area is 133 Å². The highest BCUT2D eigenvalue weighted by atomic mass is 32.2. The van der Waals surface area contributed by atoms with E-state index in [1.807, 2.05) is 0 Å². The molecule has 0 aromatic heterocycles. The Morgan fingerprint density at radius 2 is 2.04 bits per heavy atom. The van der Waals surface area contributed by atoms with Crippen molar-refractivity contribution in [1.29, 1.82) is 0 Å². The summed E-state index contributed by atoms with van der Waals surface area (Å²) in [5, 5.41) is 0. The van der Waals surface area contributed by atoms with Gasteiger partial charge in [0.1, 0.15) is 6.10 Å². The summed E-state index contributed by atoms with van der Waals surface area (Å²) < 4.78 is 42.5. The first-order valence-corrected chi connectivity index (χ1v) is 8.36. The fraction of sp³-hybridized carbons (Fsp3) is 0.462. The van der Waals surface area contributed by atoms with Gasteiger partial charge in [0, 0.05) is 20.2 Å². The number of carbonyl (C=O) groups excluding carboxylic acids is 1. The lowest BCUT2D eigenvalue weighted by Gasteiger charge is -2.15. The number of hydrogen-bond acceptors (Lipinski definition) is 6. The number of carbonyl (C=O) groups is 1. The van der Waals surface area contributed by atoms with E-state index in [1.165, 1.54) is 19.0 Å². The second kappa shape index (κ2) is 5.87. The van der Waals surface area contributed by atoms with Gasteiger partial charge in [-0.3, -0.25) is 4.90 Å². The molecule has 0 radical (unpaired) electrons. The molecule has 1 fully saturated rings. The molecule has 1 unspecified atom stereocenters. The van der Waals surface area contributed by atoms with Gasteiger partial charge >= 0.3 is 6.09 Å². The highest BCUT2D eigenvalue weighted by Gasteiger charge is 2.34. The highest BCUT2D eigenvalue weighted by Crippen LogP contribution is 2.36. The van der Waals surface area contributed by atoms with Gasteiger partial charge in [0.2, 0.25) is 6.79 Å². The van der Waals surface area contributed by atoms with Gasteiger partial charge in [0.15, 0.2) is 11.5 Å². The van der Waals surface area contributed by atoms with E-state index in [1.54, 1.807) is 18.2 Å². The Morgan fingerprint density at radius 3 is 2.78 bits per heavy atom. The number of rotatable bonds is 5. The van der Waals surface area contributed by atoms with Crippen LogP contribution >= 0.6 is 0 Å². The van der Waals surface area contributed by atoms with Crippen molar-refractivity contribution < 1.29 is 27.4 Å². The van der Waals surface area contributed by atoms with Crippen molar-refractivity contribution in [2.24, 2.45) is 0 Å². The molecule has 3 rings (SSSR count). The minimum atomic E-state index is -3.56. The third-order valence-electron chi connectivity index (χ3n) is 3.52. The van der Waals surface area contributed by atoms with Gasteiger partial charge in [-0.2, -0.15) is 17.4 Å². The lowest BCUT2D eigenvalue weighted by molar-refractivity contribution is 0.143. The van der Waals surface area contributed by atoms with Crippen LogP contribution in [0.1, 0.15) is 0 Å². The Kier molecular flexibility index (Phi) is 4.04. The number of benzene rings is 1. The molecule has 1 amide bonds. The molecule has 2 heterocycles. The van der Waals surface area contributed by atoms with Gasteiger partial charge in [-0.25, -0.2) is 4.79 Å². The highest BCUT2D eigenvalue weighted by molar-refractivity contribution is 7.87. The van der Waals surface area contributed by atoms with Gasteiger partial charge in [0.25, 0.3) is 10.2 Å². The SMILES string of the molecule is CN(C)S(=O)(=O)NCC1CN(c2ccc3c(c2)OCO3)C(=O)O1. The van der Waals surface area contributed by atoms with E-state index in [-0.39, 0.29) is 19.9 Å². The monoisotopic (exact) mass is 343 g/mol. The fourth-order valence-corrected chi connectivity index (χ4v) is 2.87. The van der Waals surface area contributed by atoms with Crippen LogP contribution in [0.2, 0.25) is 0 Å². The molecule has 0 spiro atoms. The first kappa shape index (κ1) is 15.8. The average molecular weight is 343 g/mol. The largest absolute Gasteiger partial charge is 0.454 e. The zero-order valence-electron chi connectivity index (χ0n) is 12.7. The van der Waals surface area contributed by atoms with Gasteiger partial charge < -0.3 is 14.2 Å². The molecular weight excluding hydrogens is 326 g/mol. The number of nitrogens with one attached hydrogen (secondary N) is 1. The molecule has 1 aromatic carbocycles. The van der Waals surface area contributed by atoms with Crippen molar-refractivity contribution in [3.63, 3.8) is 0 Å². The summed E-state index contributed by atoms with van der Waals surface area (Å²) in [5.41, 5.74) is 0.609. The van der Waals surface area contributed by atoms with Crippen LogP contribution in [0.3, 0.4) is 0 Å². The molecule has 2 aliphatic rings. The van der Waals surface area contributed by atoms with Crippen LogP contribution in [-0.4, -0.2) is 58.9 Å². The normalized spacial score (nSPS) is 20.2. The third kappa shape index (κ3) is 3.19. The second-order valence-corrected chi connectivity index (χ2v) is 7.26. The molecule has 0 bridgehead atoms. The Hall–Kier alpha value is -2.04. The summed E-state index contributed by atoms with van der Waals surface area (Å²) in [6.07, 6.45) is -1.10. The van der Waals surface area contributed by atoms with Crippen LogP contribution in [0.15, 0.2) is 18.2 Å². The van der Waals surface area contributed by atoms with Gasteiger partial charge in [-0.15, -0.1) is 0 Å². The van der Waals surface area contributed by atoms with Crippen LogP contribution in [0, 0.1) is 0 Å². The van der Waals surface area contributed by atoms with Crippen molar-refractivity contribution in [1.82, 2.24) is 9.03 Å². The fourth-order valence-electron chi connectivity index (χ4n) is 2.22. The van der Waals surface area contributed by atoms with Crippen molar-refractivity contribution in [3.05, 3.63) is 18.2 Å². The molecule has 23 heavy (non-hydrogen) atoms. The molecule has 9 nitrogen and oxygen atoms in total. The number of cyclic esters (lactones) is 1. The minimum absolute atomic E-state index is 0.00725. The molecule has 10 heteroatoms. The quantitative estimate of drug-likeness (QED) is 0.817. The Balaban J connectivity index is 1.66. The summed E-state index contributed by atoms with van der Waals surface area (Å²) in [4.78, 5) is 13.4. The topological polar surface area (TPSA) is 97.4 Å². The van der Waals surface area contributed by atoms with Crippen molar-refractivity contribution in [2.75, 3.05) is 38.9 Å². The summed E-state index contributed by atoms with van der Waals surface area (Å²) in [6, 6.07) is 5.13. The predicted molar refractivity (Wildman–Crippen MR) is 80.8 cm³/mol. The van der Waals surface area contributed by atoms with E-state index < -0.39 is 22.4 Å². The molecule has 126 valence electrons. The van der Waals surface area contributed by atoms with Crippen LogP contribution in [0.4, 0.5) is 10.5 Å². The molecule has 2 aliphatic heterocycles. The number of nitrogens with zero attached hydrogens (tertiary/aromatic N) is 2. The van der Waals surface area contributed by atoms with Crippen LogP contribution in [-0.2, 0) is 14.9 Å². The zero-order valence-corrected chi connectivity index (χ0v) is 13.5. The van der Waals surface area contributed by atoms with E-state index in [0.29, 0.717) is 17.2 Å². The third-order valence-corrected chi connectivity index (χ3v) is 5.01. The standard InChI is InChI=1S/C13H17N3O6S/c1-15(2)23(18,19)14-6-10-7-16(13(17)22-10)9-3-4-11-12(5-9)21-8-20-11/h3-5,10,14H,6-8H2,1-2H3. The van der Waals surface area contributed by atoms with E-state index in [4.69, 9.17) is 14.2 Å². The first-order valence-electron chi connectivity index (χ1n) is 6.92. The van der Waals surface area contributed by atoms with Gasteiger partial charge in [-0.1, -0.05) is 0 Å². The maximum atomic E-state index is 12.0. The average Bonchev–Trinajstić information content (AvgIpc) is 3.10. The molecule has 1 atom stereocenters. The maximum absolute atomic E-state index is 12.0. The van der Waals surface area contributed by atoms with Gasteiger partial charge in [-0.05, 0) is 12.1 Å². The number of anilines is 1. The summed E-state index contributed by atoms with van der Waals surface area (Å²) in [7, 11) is -0.719. The molecule has 0 saturated carbocycles. The Bertz CT molecular complexity index is 720. The summed E-state index contributed by atoms with van der Waals surface area (Å²) >= 11 is 0. The smallest absolute Gasteiger partial charge is 0.414 e. The molecule has 1 aromatic rings. The molecule has 1 N–H and O–H groups in total. The number of amides is 1. The molecular formula is C13H17N3O6S. The summed E-state index contributed by atoms with van der Waals surface area (Å²) in [5.74, 6) is 1.18. The van der Waals surface area contributed by atoms with Crippen LogP contribution in [0.5, 0.6) is 11.5 Å². The minimum Gasteiger partial charge on any atom is -0.454 e. The van der Waals surface area contributed by atoms with Crippen molar-refractivity contribution in [2.45, 2.75) is 6.10 Å². The number of hydrogen-bond donors (Lipinski definition) is 1. The van der Waals surface area contributed by atoms with Crippen molar-refractivity contribution >= 4 is 22.0 Å². The second-order valence-electron chi connectivity index (χ2n) is 5.29. The molecule has 1 saturated heterocycles. The maximum Gasteiger partial charge on any atom is 0.414 e. The summed E-state index contributed by atoms with van der Waals surface area (Å²) in [6.45, 7) is 0.403. The van der Waals surface area contributed by atoms with Gasteiger partial charge in [0.05, 0.1) is 18.8 Å². The van der Waals surface area contributed by atoms with E-state index >= 15 is 0 Å². The van der Waals surface area contributed by atoms with E-state index in [2.05, 4.69) is 4.72 Å². The van der Waals surface area contributed by atoms with E-state index in [0.717, 1.165) is 4.31 Å². The number of fused-ring (bicyclic) bond motifs is 1. The zero-order chi connectivity index (χ0) is 16.6. The van der Waals surface area contributed by atoms with Crippen molar-refractivity contribution in [3.8, 4) is 11.5 Å². The predicted octanol–water partition coefficient (Wildman–Crippen LogP) is 0.137. The lowest BCUT2D eigenvalue weighted by atomic mass is 10.2. The van der Waals surface area contributed by atoms with Crippen LogP contribution in [0.25, 0.3) is 0 Å². The van der Waals surface area contributed by atoms with E-state index in [9.17, 15) is 13.2 Å². The Morgan fingerprint density at radius 1 is 1.30 bits per heavy atom. The first-order chi connectivity index (χ1) is 10.9.